The fraction of sp³-hybridized carbons (Fsp3) is 0.273. The minimum atomic E-state index is -0.385. The first-order valence-corrected chi connectivity index (χ1v) is 5.72. The molecule has 2 heterocycles. The highest BCUT2D eigenvalue weighted by Gasteiger charge is 2.14. The SMILES string of the molecule is CNC(=O)Nc1cn2nc(C(=O)N(C)OC)ccc2n1. The second kappa shape index (κ2) is 5.53. The number of rotatable bonds is 3. The van der Waals surface area contributed by atoms with E-state index in [9.17, 15) is 9.59 Å². The topological polar surface area (TPSA) is 101 Å². The van der Waals surface area contributed by atoms with Crippen molar-refractivity contribution >= 4 is 23.4 Å². The van der Waals surface area contributed by atoms with Crippen molar-refractivity contribution in [1.82, 2.24) is 25.0 Å². The van der Waals surface area contributed by atoms with Gasteiger partial charge in [-0.25, -0.2) is 19.4 Å². The lowest BCUT2D eigenvalue weighted by molar-refractivity contribution is -0.0761. The summed E-state index contributed by atoms with van der Waals surface area (Å²) in [6.07, 6.45) is 1.51. The van der Waals surface area contributed by atoms with Crippen molar-refractivity contribution in [2.24, 2.45) is 0 Å². The molecule has 2 N–H and O–H groups in total. The molecular weight excluding hydrogens is 264 g/mol. The Morgan fingerprint density at radius 2 is 2.15 bits per heavy atom. The summed E-state index contributed by atoms with van der Waals surface area (Å²) in [5.74, 6) is -0.0505. The van der Waals surface area contributed by atoms with Gasteiger partial charge in [-0.2, -0.15) is 5.10 Å². The molecule has 9 nitrogen and oxygen atoms in total. The van der Waals surface area contributed by atoms with Gasteiger partial charge in [0, 0.05) is 14.1 Å². The highest BCUT2D eigenvalue weighted by atomic mass is 16.7. The van der Waals surface area contributed by atoms with E-state index in [0.29, 0.717) is 11.5 Å². The van der Waals surface area contributed by atoms with Crippen molar-refractivity contribution in [2.75, 3.05) is 26.5 Å². The maximum Gasteiger partial charge on any atom is 0.320 e. The van der Waals surface area contributed by atoms with Gasteiger partial charge in [-0.1, -0.05) is 0 Å². The molecule has 0 saturated carbocycles. The van der Waals surface area contributed by atoms with Crippen LogP contribution in [-0.4, -0.2) is 52.8 Å². The monoisotopic (exact) mass is 278 g/mol. The van der Waals surface area contributed by atoms with Gasteiger partial charge in [-0.05, 0) is 12.1 Å². The van der Waals surface area contributed by atoms with E-state index < -0.39 is 0 Å². The molecule has 0 bridgehead atoms. The number of nitrogens with one attached hydrogen (secondary N) is 2. The van der Waals surface area contributed by atoms with Crippen molar-refractivity contribution in [3.63, 3.8) is 0 Å². The van der Waals surface area contributed by atoms with E-state index >= 15 is 0 Å². The van der Waals surface area contributed by atoms with Crippen LogP contribution in [0.1, 0.15) is 10.5 Å². The Bertz CT molecular complexity index is 653. The first kappa shape index (κ1) is 13.7. The molecule has 0 unspecified atom stereocenters. The molecule has 0 fully saturated rings. The standard InChI is InChI=1S/C11H14N6O3/c1-12-11(19)14-8-6-17-9(13-8)5-4-7(15-17)10(18)16(2)20-3/h4-6H,1-3H3,(H2,12,14,19). The lowest BCUT2D eigenvalue weighted by Gasteiger charge is -2.12. The Kier molecular flexibility index (Phi) is 3.80. The molecule has 0 atom stereocenters. The highest BCUT2D eigenvalue weighted by molar-refractivity contribution is 5.91. The van der Waals surface area contributed by atoms with Gasteiger partial charge in [-0.15, -0.1) is 0 Å². The van der Waals surface area contributed by atoms with Crippen LogP contribution in [-0.2, 0) is 4.84 Å². The summed E-state index contributed by atoms with van der Waals surface area (Å²) in [5.41, 5.74) is 0.707. The molecule has 3 amide bonds. The van der Waals surface area contributed by atoms with Gasteiger partial charge in [0.15, 0.2) is 17.2 Å². The second-order valence-corrected chi connectivity index (χ2v) is 3.84. The smallest absolute Gasteiger partial charge is 0.320 e. The van der Waals surface area contributed by atoms with Crippen LogP contribution in [0.25, 0.3) is 5.65 Å². The first-order chi connectivity index (χ1) is 9.55. The molecule has 0 saturated heterocycles. The number of hydrogen-bond acceptors (Lipinski definition) is 5. The molecule has 2 aromatic heterocycles. The van der Waals surface area contributed by atoms with E-state index in [0.717, 1.165) is 5.06 Å². The molecule has 0 aliphatic carbocycles. The lowest BCUT2D eigenvalue weighted by Crippen LogP contribution is -2.26. The number of anilines is 1. The number of aromatic nitrogens is 3. The van der Waals surface area contributed by atoms with Crippen LogP contribution >= 0.6 is 0 Å². The van der Waals surface area contributed by atoms with Gasteiger partial charge < -0.3 is 5.32 Å². The van der Waals surface area contributed by atoms with Crippen molar-refractivity contribution in [3.05, 3.63) is 24.0 Å². The first-order valence-electron chi connectivity index (χ1n) is 5.72. The van der Waals surface area contributed by atoms with Crippen LogP contribution < -0.4 is 10.6 Å². The minimum absolute atomic E-state index is 0.200. The third kappa shape index (κ3) is 2.67. The van der Waals surface area contributed by atoms with Gasteiger partial charge in [0.25, 0.3) is 5.91 Å². The normalized spacial score (nSPS) is 10.3. The Morgan fingerprint density at radius 1 is 1.40 bits per heavy atom. The molecule has 0 radical (unpaired) electrons. The third-order valence-corrected chi connectivity index (χ3v) is 2.57. The van der Waals surface area contributed by atoms with Gasteiger partial charge in [-0.3, -0.25) is 14.9 Å². The minimum Gasteiger partial charge on any atom is -0.341 e. The molecule has 20 heavy (non-hydrogen) atoms. The van der Waals surface area contributed by atoms with Gasteiger partial charge in [0.1, 0.15) is 0 Å². The van der Waals surface area contributed by atoms with Crippen LogP contribution in [0.4, 0.5) is 10.6 Å². The summed E-state index contributed by atoms with van der Waals surface area (Å²) in [5, 5.41) is 10.1. The molecule has 2 aromatic rings. The number of urea groups is 1. The Hall–Kier alpha value is -2.68. The summed E-state index contributed by atoms with van der Waals surface area (Å²) in [6.45, 7) is 0. The van der Waals surface area contributed by atoms with Crippen molar-refractivity contribution in [2.45, 2.75) is 0 Å². The zero-order chi connectivity index (χ0) is 14.7. The molecule has 0 aliphatic heterocycles. The number of amides is 3. The number of carbonyl (C=O) groups excluding carboxylic acids is 2. The molecule has 0 aromatic carbocycles. The molecule has 106 valence electrons. The fourth-order valence-corrected chi connectivity index (χ4v) is 1.48. The quantitative estimate of drug-likeness (QED) is 0.776. The van der Waals surface area contributed by atoms with Gasteiger partial charge in [0.05, 0.1) is 13.3 Å². The third-order valence-electron chi connectivity index (χ3n) is 2.57. The average molecular weight is 278 g/mol. The van der Waals surface area contributed by atoms with Crippen LogP contribution in [0.3, 0.4) is 0 Å². The Morgan fingerprint density at radius 3 is 2.80 bits per heavy atom. The zero-order valence-electron chi connectivity index (χ0n) is 11.2. The molecule has 0 aliphatic rings. The molecular formula is C11H14N6O3. The van der Waals surface area contributed by atoms with E-state index in [1.807, 2.05) is 0 Å². The number of hydrogen-bond donors (Lipinski definition) is 2. The number of hydroxylamine groups is 2. The maximum atomic E-state index is 11.9. The summed E-state index contributed by atoms with van der Waals surface area (Å²) in [7, 11) is 4.38. The summed E-state index contributed by atoms with van der Waals surface area (Å²) in [6, 6.07) is 2.77. The van der Waals surface area contributed by atoms with Crippen LogP contribution in [0.2, 0.25) is 0 Å². The predicted molar refractivity (Wildman–Crippen MR) is 70.2 cm³/mol. The van der Waals surface area contributed by atoms with Gasteiger partial charge in [0.2, 0.25) is 0 Å². The lowest BCUT2D eigenvalue weighted by atomic mass is 10.3. The predicted octanol–water partition coefficient (Wildman–Crippen LogP) is 0.114. The van der Waals surface area contributed by atoms with Gasteiger partial charge >= 0.3 is 6.03 Å². The van der Waals surface area contributed by atoms with Crippen molar-refractivity contribution in [3.8, 4) is 0 Å². The van der Waals surface area contributed by atoms with Crippen LogP contribution in [0, 0.1) is 0 Å². The van der Waals surface area contributed by atoms with E-state index in [1.165, 1.54) is 38.0 Å². The zero-order valence-corrected chi connectivity index (χ0v) is 11.2. The van der Waals surface area contributed by atoms with Crippen LogP contribution in [0.15, 0.2) is 18.3 Å². The fourth-order valence-electron chi connectivity index (χ4n) is 1.48. The number of carbonyl (C=O) groups is 2. The summed E-state index contributed by atoms with van der Waals surface area (Å²) >= 11 is 0. The maximum absolute atomic E-state index is 11.9. The molecule has 9 heteroatoms. The van der Waals surface area contributed by atoms with E-state index in [-0.39, 0.29) is 17.6 Å². The second-order valence-electron chi connectivity index (χ2n) is 3.84. The summed E-state index contributed by atoms with van der Waals surface area (Å²) in [4.78, 5) is 32.0. The largest absolute Gasteiger partial charge is 0.341 e. The average Bonchev–Trinajstić information content (AvgIpc) is 2.86. The number of nitrogens with zero attached hydrogens (tertiary/aromatic N) is 4. The van der Waals surface area contributed by atoms with E-state index in [2.05, 4.69) is 20.7 Å². The molecule has 0 spiro atoms. The number of fused-ring (bicyclic) bond motifs is 1. The van der Waals surface area contributed by atoms with Crippen molar-refractivity contribution in [1.29, 1.82) is 0 Å². The van der Waals surface area contributed by atoms with E-state index in [4.69, 9.17) is 4.84 Å². The Labute approximate surface area is 114 Å². The molecule has 2 rings (SSSR count). The highest BCUT2D eigenvalue weighted by Crippen LogP contribution is 2.09. The number of imidazole rings is 1. The van der Waals surface area contributed by atoms with E-state index in [1.54, 1.807) is 6.07 Å². The van der Waals surface area contributed by atoms with Crippen LogP contribution in [0.5, 0.6) is 0 Å². The Balaban J connectivity index is 2.30. The van der Waals surface area contributed by atoms with Crippen molar-refractivity contribution < 1.29 is 14.4 Å². The summed E-state index contributed by atoms with van der Waals surface area (Å²) < 4.78 is 1.40.